The normalized spacial score (nSPS) is 20.6. The number of nitrogens with two attached hydrogens (primary N) is 1. The molecule has 5 nitrogen and oxygen atoms in total. The van der Waals surface area contributed by atoms with E-state index in [1.165, 1.54) is 0 Å². The van der Waals surface area contributed by atoms with Crippen molar-refractivity contribution in [3.05, 3.63) is 57.6 Å². The summed E-state index contributed by atoms with van der Waals surface area (Å²) in [4.78, 5) is 25.0. The van der Waals surface area contributed by atoms with Gasteiger partial charge in [-0.2, -0.15) is 0 Å². The van der Waals surface area contributed by atoms with E-state index in [9.17, 15) is 9.59 Å². The lowest BCUT2D eigenvalue weighted by Crippen LogP contribution is -2.31. The Balaban J connectivity index is 2.15. The largest absolute Gasteiger partial charge is 0.462 e. The zero-order valence-electron chi connectivity index (χ0n) is 13.3. The standard InChI is InChI=1S/C18H18ClNO4/c1-2-23-18(22)16-14(10-6-8-11(19)9-7-10)15-12(21)4-3-5-13(15)24-17(16)20/h6-9,14H,2-5,20H2,1H3/t14-/m0/s1. The lowest BCUT2D eigenvalue weighted by molar-refractivity contribution is -0.139. The first-order valence-corrected chi connectivity index (χ1v) is 8.27. The summed E-state index contributed by atoms with van der Waals surface area (Å²) >= 11 is 5.96. The molecule has 3 rings (SSSR count). The highest BCUT2D eigenvalue weighted by molar-refractivity contribution is 6.30. The summed E-state index contributed by atoms with van der Waals surface area (Å²) < 4.78 is 10.7. The van der Waals surface area contributed by atoms with E-state index in [4.69, 9.17) is 26.8 Å². The molecule has 24 heavy (non-hydrogen) atoms. The first-order valence-electron chi connectivity index (χ1n) is 7.89. The zero-order chi connectivity index (χ0) is 17.3. The van der Waals surface area contributed by atoms with Gasteiger partial charge in [0.1, 0.15) is 11.3 Å². The molecular formula is C18H18ClNO4. The van der Waals surface area contributed by atoms with Gasteiger partial charge in [-0.1, -0.05) is 23.7 Å². The average molecular weight is 348 g/mol. The number of Topliss-reactive ketones (excluding diaryl/α,β-unsaturated/α-hetero) is 1. The van der Waals surface area contributed by atoms with Gasteiger partial charge in [0.2, 0.25) is 5.88 Å². The van der Waals surface area contributed by atoms with Crippen LogP contribution in [0.2, 0.25) is 5.02 Å². The van der Waals surface area contributed by atoms with Crippen molar-refractivity contribution in [2.75, 3.05) is 6.61 Å². The van der Waals surface area contributed by atoms with Crippen LogP contribution in [0.15, 0.2) is 47.1 Å². The fourth-order valence-electron chi connectivity index (χ4n) is 3.15. The van der Waals surface area contributed by atoms with E-state index >= 15 is 0 Å². The average Bonchev–Trinajstić information content (AvgIpc) is 2.55. The van der Waals surface area contributed by atoms with E-state index in [1.54, 1.807) is 31.2 Å². The molecule has 0 unspecified atom stereocenters. The highest BCUT2D eigenvalue weighted by atomic mass is 35.5. The van der Waals surface area contributed by atoms with Crippen LogP contribution in [-0.4, -0.2) is 18.4 Å². The van der Waals surface area contributed by atoms with Gasteiger partial charge in [0.05, 0.1) is 12.5 Å². The molecule has 0 saturated heterocycles. The molecule has 6 heteroatoms. The minimum atomic E-state index is -0.585. The van der Waals surface area contributed by atoms with Crippen molar-refractivity contribution < 1.29 is 19.1 Å². The van der Waals surface area contributed by atoms with Gasteiger partial charge in [-0.3, -0.25) is 4.79 Å². The highest BCUT2D eigenvalue weighted by Gasteiger charge is 2.41. The van der Waals surface area contributed by atoms with Gasteiger partial charge < -0.3 is 15.2 Å². The number of hydrogen-bond acceptors (Lipinski definition) is 5. The van der Waals surface area contributed by atoms with E-state index < -0.39 is 11.9 Å². The zero-order valence-corrected chi connectivity index (χ0v) is 14.1. The molecule has 1 atom stereocenters. The maximum absolute atomic E-state index is 12.5. The van der Waals surface area contributed by atoms with E-state index in [1.807, 2.05) is 0 Å². The minimum absolute atomic E-state index is 0.00171. The Morgan fingerprint density at radius 1 is 1.33 bits per heavy atom. The summed E-state index contributed by atoms with van der Waals surface area (Å²) in [7, 11) is 0. The van der Waals surface area contributed by atoms with Crippen LogP contribution < -0.4 is 5.73 Å². The van der Waals surface area contributed by atoms with Crippen LogP contribution in [-0.2, 0) is 19.1 Å². The Morgan fingerprint density at radius 2 is 2.04 bits per heavy atom. The molecule has 2 N–H and O–H groups in total. The molecule has 0 spiro atoms. The first kappa shape index (κ1) is 16.6. The van der Waals surface area contributed by atoms with Crippen LogP contribution >= 0.6 is 11.6 Å². The van der Waals surface area contributed by atoms with Gasteiger partial charge in [-0.05, 0) is 31.0 Å². The molecule has 1 aliphatic carbocycles. The highest BCUT2D eigenvalue weighted by Crippen LogP contribution is 2.44. The Hall–Kier alpha value is -2.27. The number of carbonyl (C=O) groups is 2. The molecule has 126 valence electrons. The van der Waals surface area contributed by atoms with E-state index in [0.29, 0.717) is 35.6 Å². The van der Waals surface area contributed by atoms with E-state index in [0.717, 1.165) is 5.56 Å². The first-order chi connectivity index (χ1) is 11.5. The number of rotatable bonds is 3. The number of esters is 1. The number of benzene rings is 1. The topological polar surface area (TPSA) is 78.6 Å². The van der Waals surface area contributed by atoms with E-state index in [-0.39, 0.29) is 23.8 Å². The Kier molecular flexibility index (Phi) is 4.62. The van der Waals surface area contributed by atoms with Crippen molar-refractivity contribution >= 4 is 23.4 Å². The van der Waals surface area contributed by atoms with E-state index in [2.05, 4.69) is 0 Å². The molecular weight excluding hydrogens is 330 g/mol. The third-order valence-electron chi connectivity index (χ3n) is 4.18. The Labute approximate surface area is 145 Å². The van der Waals surface area contributed by atoms with Crippen molar-refractivity contribution in [1.29, 1.82) is 0 Å². The van der Waals surface area contributed by atoms with Crippen molar-refractivity contribution in [3.8, 4) is 0 Å². The van der Waals surface area contributed by atoms with Crippen molar-refractivity contribution in [2.24, 2.45) is 5.73 Å². The number of hydrogen-bond donors (Lipinski definition) is 1. The third-order valence-corrected chi connectivity index (χ3v) is 4.44. The molecule has 2 aliphatic rings. The lowest BCUT2D eigenvalue weighted by atomic mass is 9.77. The number of allylic oxidation sites excluding steroid dienone is 2. The molecule has 0 bridgehead atoms. The number of ketones is 1. The van der Waals surface area contributed by atoms with Crippen molar-refractivity contribution in [1.82, 2.24) is 0 Å². The summed E-state index contributed by atoms with van der Waals surface area (Å²) in [5.41, 5.74) is 7.44. The van der Waals surface area contributed by atoms with Crippen LogP contribution in [0.1, 0.15) is 37.7 Å². The van der Waals surface area contributed by atoms with Gasteiger partial charge in [-0.25, -0.2) is 4.79 Å². The smallest absolute Gasteiger partial charge is 0.340 e. The molecule has 0 fully saturated rings. The maximum atomic E-state index is 12.5. The fourth-order valence-corrected chi connectivity index (χ4v) is 3.28. The third kappa shape index (κ3) is 2.91. The summed E-state index contributed by atoms with van der Waals surface area (Å²) in [5.74, 6) is -0.623. The maximum Gasteiger partial charge on any atom is 0.340 e. The van der Waals surface area contributed by atoms with Crippen LogP contribution in [0, 0.1) is 0 Å². The van der Waals surface area contributed by atoms with Crippen LogP contribution in [0.3, 0.4) is 0 Å². The fraction of sp³-hybridized carbons (Fsp3) is 0.333. The molecule has 0 radical (unpaired) electrons. The SMILES string of the molecule is CCOC(=O)C1=C(N)OC2=C(C(=O)CCC2)[C@@H]1c1ccc(Cl)cc1. The van der Waals surface area contributed by atoms with Crippen LogP contribution in [0.25, 0.3) is 0 Å². The molecule has 1 heterocycles. The number of carbonyl (C=O) groups excluding carboxylic acids is 2. The van der Waals surface area contributed by atoms with Crippen LogP contribution in [0.5, 0.6) is 0 Å². The molecule has 1 aromatic carbocycles. The summed E-state index contributed by atoms with van der Waals surface area (Å²) in [6, 6.07) is 7.02. The molecule has 1 aromatic rings. The predicted molar refractivity (Wildman–Crippen MR) is 89.0 cm³/mol. The molecule has 0 saturated carbocycles. The van der Waals surface area contributed by atoms with Crippen molar-refractivity contribution in [2.45, 2.75) is 32.1 Å². The number of halogens is 1. The van der Waals surface area contributed by atoms with Crippen molar-refractivity contribution in [3.63, 3.8) is 0 Å². The summed E-state index contributed by atoms with van der Waals surface area (Å²) in [6.45, 7) is 1.93. The van der Waals surface area contributed by atoms with Gasteiger partial charge in [0.25, 0.3) is 0 Å². The quantitative estimate of drug-likeness (QED) is 0.849. The molecule has 1 aliphatic heterocycles. The Morgan fingerprint density at radius 3 is 2.71 bits per heavy atom. The van der Waals surface area contributed by atoms with Gasteiger partial charge in [-0.15, -0.1) is 0 Å². The second-order valence-corrected chi connectivity index (χ2v) is 6.14. The Bertz CT molecular complexity index is 749. The molecule has 0 amide bonds. The second kappa shape index (κ2) is 6.69. The predicted octanol–water partition coefficient (Wildman–Crippen LogP) is 3.19. The minimum Gasteiger partial charge on any atom is -0.462 e. The summed E-state index contributed by atoms with van der Waals surface area (Å²) in [6.07, 6.45) is 1.78. The number of ether oxygens (including phenoxy) is 2. The van der Waals surface area contributed by atoms with Crippen LogP contribution in [0.4, 0.5) is 0 Å². The lowest BCUT2D eigenvalue weighted by Gasteiger charge is -2.32. The van der Waals surface area contributed by atoms with Gasteiger partial charge in [0.15, 0.2) is 5.78 Å². The molecule has 0 aromatic heterocycles. The second-order valence-electron chi connectivity index (χ2n) is 5.70. The summed E-state index contributed by atoms with van der Waals surface area (Å²) in [5, 5.41) is 0.574. The van der Waals surface area contributed by atoms with Gasteiger partial charge in [0, 0.05) is 23.4 Å². The monoisotopic (exact) mass is 347 g/mol. The van der Waals surface area contributed by atoms with Gasteiger partial charge >= 0.3 is 5.97 Å².